The number of aromatic nitrogens is 1. The summed E-state index contributed by atoms with van der Waals surface area (Å²) in [5, 5.41) is 0.789. The summed E-state index contributed by atoms with van der Waals surface area (Å²) in [4.78, 5) is 4.05. The summed E-state index contributed by atoms with van der Waals surface area (Å²) >= 11 is 5.98. The van der Waals surface area contributed by atoms with Crippen LogP contribution < -0.4 is 0 Å². The van der Waals surface area contributed by atoms with Gasteiger partial charge in [0, 0.05) is 6.20 Å². The monoisotopic (exact) mass is 283 g/mol. The zero-order valence-corrected chi connectivity index (χ0v) is 13.6. The third kappa shape index (κ3) is 2.63. The lowest BCUT2D eigenvalue weighted by Gasteiger charge is -2.39. The van der Waals surface area contributed by atoms with Crippen LogP contribution in [0.1, 0.15) is 39.2 Å². The Kier molecular flexibility index (Phi) is 3.37. The average molecular weight is 284 g/mol. The van der Waals surface area contributed by atoms with E-state index in [1.54, 1.807) is 6.20 Å². The minimum Gasteiger partial charge on any atom is -0.407 e. The number of rotatable bonds is 3. The summed E-state index contributed by atoms with van der Waals surface area (Å²) < 4.78 is 6.59. The van der Waals surface area contributed by atoms with E-state index >= 15 is 0 Å². The molecule has 1 aromatic heterocycles. The maximum absolute atomic E-state index is 6.59. The Bertz CT molecular complexity index is 449. The molecule has 2 nitrogen and oxygen atoms in total. The Morgan fingerprint density at radius 3 is 2.39 bits per heavy atom. The molecule has 0 N–H and O–H groups in total. The van der Waals surface area contributed by atoms with Crippen molar-refractivity contribution in [3.05, 3.63) is 29.0 Å². The van der Waals surface area contributed by atoms with Gasteiger partial charge in [0.2, 0.25) is 0 Å². The molecule has 1 aromatic rings. The molecule has 0 atom stereocenters. The highest BCUT2D eigenvalue weighted by molar-refractivity contribution is 6.74. The van der Waals surface area contributed by atoms with Gasteiger partial charge in [0.25, 0.3) is 0 Å². The molecule has 0 bridgehead atoms. The van der Waals surface area contributed by atoms with E-state index in [4.69, 9.17) is 16.0 Å². The van der Waals surface area contributed by atoms with E-state index < -0.39 is 8.32 Å². The predicted octanol–water partition coefficient (Wildman–Crippen LogP) is 4.75. The number of pyridine rings is 1. The molecular weight excluding hydrogens is 262 g/mol. The van der Waals surface area contributed by atoms with Gasteiger partial charge in [0.1, 0.15) is 5.15 Å². The number of hydrogen-bond acceptors (Lipinski definition) is 2. The maximum Gasteiger partial charge on any atom is 0.193 e. The third-order valence-corrected chi connectivity index (χ3v) is 8.93. The normalized spacial score (nSPS) is 18.8. The van der Waals surface area contributed by atoms with Crippen molar-refractivity contribution < 1.29 is 4.43 Å². The molecule has 18 heavy (non-hydrogen) atoms. The van der Waals surface area contributed by atoms with Crippen molar-refractivity contribution in [2.24, 2.45) is 0 Å². The Hall–Kier alpha value is -0.383. The topological polar surface area (TPSA) is 22.1 Å². The molecule has 1 aliphatic carbocycles. The van der Waals surface area contributed by atoms with Gasteiger partial charge >= 0.3 is 0 Å². The highest BCUT2D eigenvalue weighted by atomic mass is 35.5. The molecule has 0 saturated heterocycles. The lowest BCUT2D eigenvalue weighted by Crippen LogP contribution is -2.44. The van der Waals surface area contributed by atoms with Crippen molar-refractivity contribution in [1.82, 2.24) is 4.98 Å². The Balaban J connectivity index is 2.24. The highest BCUT2D eigenvalue weighted by Gasteiger charge is 2.52. The first-order valence-electron chi connectivity index (χ1n) is 6.49. The second-order valence-corrected chi connectivity index (χ2v) is 11.8. The third-order valence-electron chi connectivity index (χ3n) is 4.21. The smallest absolute Gasteiger partial charge is 0.193 e. The molecule has 0 radical (unpaired) electrons. The van der Waals surface area contributed by atoms with E-state index in [2.05, 4.69) is 38.8 Å². The Morgan fingerprint density at radius 2 is 1.94 bits per heavy atom. The molecule has 0 unspecified atom stereocenters. The standard InChI is InChI=1S/C14H22ClNOSi/c1-13(2,3)18(4,5)17-14(7-8-14)11-6-9-16-12(15)10-11/h6,9-10H,7-8H2,1-5H3. The Labute approximate surface area is 116 Å². The van der Waals surface area contributed by atoms with E-state index in [1.807, 2.05) is 12.1 Å². The van der Waals surface area contributed by atoms with Gasteiger partial charge in [0.15, 0.2) is 8.32 Å². The second kappa shape index (κ2) is 4.32. The minimum atomic E-state index is -1.74. The van der Waals surface area contributed by atoms with E-state index in [-0.39, 0.29) is 10.6 Å². The molecule has 1 aliphatic rings. The molecule has 100 valence electrons. The zero-order chi connectivity index (χ0) is 13.6. The summed E-state index contributed by atoms with van der Waals surface area (Å²) in [6.07, 6.45) is 3.96. The van der Waals surface area contributed by atoms with Gasteiger partial charge in [-0.3, -0.25) is 0 Å². The van der Waals surface area contributed by atoms with Gasteiger partial charge in [-0.05, 0) is 48.7 Å². The van der Waals surface area contributed by atoms with Crippen molar-refractivity contribution in [1.29, 1.82) is 0 Å². The average Bonchev–Trinajstić information content (AvgIpc) is 2.96. The summed E-state index contributed by atoms with van der Waals surface area (Å²) in [5.41, 5.74) is 1.10. The summed E-state index contributed by atoms with van der Waals surface area (Å²) in [5.74, 6) is 0. The molecule has 0 aromatic carbocycles. The SMILES string of the molecule is CC(C)(C)[Si](C)(C)OC1(c2ccnc(Cl)c2)CC1. The minimum absolute atomic E-state index is 0.0877. The number of nitrogens with zero attached hydrogens (tertiary/aromatic N) is 1. The van der Waals surface area contributed by atoms with E-state index in [1.165, 1.54) is 5.56 Å². The zero-order valence-electron chi connectivity index (χ0n) is 11.9. The Morgan fingerprint density at radius 1 is 1.33 bits per heavy atom. The molecule has 0 amide bonds. The number of halogens is 1. The van der Waals surface area contributed by atoms with E-state index in [9.17, 15) is 0 Å². The molecule has 1 saturated carbocycles. The summed E-state index contributed by atoms with van der Waals surface area (Å²) in [7, 11) is -1.74. The number of hydrogen-bond donors (Lipinski definition) is 0. The second-order valence-electron chi connectivity index (χ2n) is 6.72. The van der Waals surface area contributed by atoms with Crippen molar-refractivity contribution in [2.75, 3.05) is 0 Å². The van der Waals surface area contributed by atoms with Crippen LogP contribution in [-0.2, 0) is 10.0 Å². The van der Waals surface area contributed by atoms with E-state index in [0.29, 0.717) is 5.15 Å². The van der Waals surface area contributed by atoms with Crippen molar-refractivity contribution >= 4 is 19.9 Å². The molecule has 1 heterocycles. The lowest BCUT2D eigenvalue weighted by molar-refractivity contribution is 0.159. The van der Waals surface area contributed by atoms with Crippen LogP contribution in [-0.4, -0.2) is 13.3 Å². The van der Waals surface area contributed by atoms with Crippen LogP contribution in [0.25, 0.3) is 0 Å². The van der Waals surface area contributed by atoms with Crippen LogP contribution in [0.4, 0.5) is 0 Å². The van der Waals surface area contributed by atoms with E-state index in [0.717, 1.165) is 12.8 Å². The largest absolute Gasteiger partial charge is 0.407 e. The first kappa shape index (κ1) is 14.0. The molecule has 4 heteroatoms. The van der Waals surface area contributed by atoms with Crippen LogP contribution in [0.3, 0.4) is 0 Å². The van der Waals surface area contributed by atoms with Gasteiger partial charge in [-0.1, -0.05) is 32.4 Å². The van der Waals surface area contributed by atoms with Crippen molar-refractivity contribution in [3.8, 4) is 0 Å². The van der Waals surface area contributed by atoms with Crippen LogP contribution in [0.15, 0.2) is 18.3 Å². The van der Waals surface area contributed by atoms with Gasteiger partial charge in [-0.2, -0.15) is 0 Å². The lowest BCUT2D eigenvalue weighted by atomic mass is 10.1. The molecular formula is C14H22ClNOSi. The molecule has 1 fully saturated rings. The fourth-order valence-corrected chi connectivity index (χ4v) is 3.67. The van der Waals surface area contributed by atoms with Crippen molar-refractivity contribution in [3.63, 3.8) is 0 Å². The fraction of sp³-hybridized carbons (Fsp3) is 0.643. The quantitative estimate of drug-likeness (QED) is 0.590. The summed E-state index contributed by atoms with van der Waals surface area (Å²) in [6.45, 7) is 11.4. The van der Waals surface area contributed by atoms with Crippen LogP contribution in [0.2, 0.25) is 23.3 Å². The summed E-state index contributed by atoms with van der Waals surface area (Å²) in [6, 6.07) is 3.98. The van der Waals surface area contributed by atoms with Gasteiger partial charge in [-0.15, -0.1) is 0 Å². The first-order chi connectivity index (χ1) is 8.16. The van der Waals surface area contributed by atoms with Gasteiger partial charge < -0.3 is 4.43 Å². The molecule has 0 aliphatic heterocycles. The predicted molar refractivity (Wildman–Crippen MR) is 78.4 cm³/mol. The van der Waals surface area contributed by atoms with Crippen LogP contribution in [0.5, 0.6) is 0 Å². The maximum atomic E-state index is 6.59. The van der Waals surface area contributed by atoms with Gasteiger partial charge in [-0.25, -0.2) is 4.98 Å². The van der Waals surface area contributed by atoms with Crippen molar-refractivity contribution in [2.45, 2.75) is 57.3 Å². The highest BCUT2D eigenvalue weighted by Crippen LogP contribution is 2.54. The molecule has 2 rings (SSSR count). The van der Waals surface area contributed by atoms with Gasteiger partial charge in [0.05, 0.1) is 5.60 Å². The van der Waals surface area contributed by atoms with Crippen LogP contribution in [0, 0.1) is 0 Å². The fourth-order valence-electron chi connectivity index (χ4n) is 1.89. The first-order valence-corrected chi connectivity index (χ1v) is 9.77. The molecule has 0 spiro atoms. The van der Waals surface area contributed by atoms with Crippen LogP contribution >= 0.6 is 11.6 Å².